The summed E-state index contributed by atoms with van der Waals surface area (Å²) in [6.07, 6.45) is 1.34. The summed E-state index contributed by atoms with van der Waals surface area (Å²) in [6.45, 7) is 6.91. The molecule has 1 aromatic carbocycles. The highest BCUT2D eigenvalue weighted by Gasteiger charge is 2.18. The van der Waals surface area contributed by atoms with Crippen LogP contribution in [-0.4, -0.2) is 13.1 Å². The van der Waals surface area contributed by atoms with Gasteiger partial charge in [-0.1, -0.05) is 24.6 Å². The minimum atomic E-state index is 0.862. The second kappa shape index (κ2) is 3.41. The van der Waals surface area contributed by atoms with Crippen LogP contribution in [0.2, 0.25) is 0 Å². The largest absolute Gasteiger partial charge is 0.371 e. The van der Waals surface area contributed by atoms with Crippen molar-refractivity contribution in [2.24, 2.45) is 5.92 Å². The van der Waals surface area contributed by atoms with E-state index in [1.165, 1.54) is 30.8 Å². The van der Waals surface area contributed by atoms with Gasteiger partial charge in [-0.05, 0) is 31.4 Å². The number of benzene rings is 1. The maximum Gasteiger partial charge on any atom is 0.0366 e. The average Bonchev–Trinajstić information content (AvgIpc) is 2.53. The Morgan fingerprint density at radius 3 is 2.46 bits per heavy atom. The van der Waals surface area contributed by atoms with Gasteiger partial charge in [-0.2, -0.15) is 0 Å². The van der Waals surface area contributed by atoms with Crippen LogP contribution in [0.3, 0.4) is 0 Å². The Balaban J connectivity index is 2.13. The summed E-state index contributed by atoms with van der Waals surface area (Å²) < 4.78 is 0. The lowest BCUT2D eigenvalue weighted by Gasteiger charge is -2.18. The zero-order valence-electron chi connectivity index (χ0n) is 8.46. The zero-order chi connectivity index (χ0) is 9.26. The quantitative estimate of drug-likeness (QED) is 0.634. The fourth-order valence-electron chi connectivity index (χ4n) is 1.93. The summed E-state index contributed by atoms with van der Waals surface area (Å²) in [6, 6.07) is 8.84. The summed E-state index contributed by atoms with van der Waals surface area (Å²) in [5, 5.41) is 0. The number of hydrogen-bond donors (Lipinski definition) is 0. The molecule has 0 N–H and O–H groups in total. The van der Waals surface area contributed by atoms with Crippen LogP contribution in [-0.2, 0) is 0 Å². The summed E-state index contributed by atoms with van der Waals surface area (Å²) in [4.78, 5) is 2.48. The predicted octanol–water partition coefficient (Wildman–Crippen LogP) is 2.84. The van der Waals surface area contributed by atoms with Gasteiger partial charge in [0.15, 0.2) is 0 Å². The van der Waals surface area contributed by atoms with Crippen molar-refractivity contribution in [1.82, 2.24) is 0 Å². The highest BCUT2D eigenvalue weighted by atomic mass is 15.1. The minimum absolute atomic E-state index is 0.862. The molecule has 1 aromatic rings. The molecule has 1 heterocycles. The van der Waals surface area contributed by atoms with E-state index in [1.54, 1.807) is 0 Å². The van der Waals surface area contributed by atoms with Crippen LogP contribution < -0.4 is 4.90 Å². The molecule has 1 fully saturated rings. The number of aryl methyl sites for hydroxylation is 1. The van der Waals surface area contributed by atoms with Crippen molar-refractivity contribution in [1.29, 1.82) is 0 Å². The van der Waals surface area contributed by atoms with E-state index in [2.05, 4.69) is 43.0 Å². The predicted molar refractivity (Wildman–Crippen MR) is 57.2 cm³/mol. The van der Waals surface area contributed by atoms with Crippen molar-refractivity contribution in [3.05, 3.63) is 29.8 Å². The molecule has 0 bridgehead atoms. The molecule has 0 amide bonds. The first kappa shape index (κ1) is 8.61. The van der Waals surface area contributed by atoms with Crippen LogP contribution in [0.15, 0.2) is 24.3 Å². The zero-order valence-corrected chi connectivity index (χ0v) is 8.46. The highest BCUT2D eigenvalue weighted by Crippen LogP contribution is 2.23. The van der Waals surface area contributed by atoms with E-state index in [1.807, 2.05) is 0 Å². The fourth-order valence-corrected chi connectivity index (χ4v) is 1.93. The molecule has 1 atom stereocenters. The Morgan fingerprint density at radius 2 is 1.92 bits per heavy atom. The van der Waals surface area contributed by atoms with Gasteiger partial charge in [0.25, 0.3) is 0 Å². The van der Waals surface area contributed by atoms with Crippen molar-refractivity contribution < 1.29 is 0 Å². The molecule has 1 aliphatic rings. The molecule has 0 spiro atoms. The van der Waals surface area contributed by atoms with Gasteiger partial charge in [-0.3, -0.25) is 0 Å². The Kier molecular flexibility index (Phi) is 2.26. The molecule has 2 rings (SSSR count). The second-order valence-electron chi connectivity index (χ2n) is 4.18. The molecule has 1 heteroatoms. The van der Waals surface area contributed by atoms with Crippen LogP contribution in [0, 0.1) is 12.8 Å². The lowest BCUT2D eigenvalue weighted by atomic mass is 10.2. The lowest BCUT2D eigenvalue weighted by Crippen LogP contribution is -2.18. The Morgan fingerprint density at radius 1 is 1.23 bits per heavy atom. The van der Waals surface area contributed by atoms with Crippen molar-refractivity contribution in [2.45, 2.75) is 20.3 Å². The van der Waals surface area contributed by atoms with Crippen molar-refractivity contribution in [2.75, 3.05) is 18.0 Å². The average molecular weight is 175 g/mol. The van der Waals surface area contributed by atoms with E-state index in [0.29, 0.717) is 0 Å². The third kappa shape index (κ3) is 1.85. The number of nitrogens with zero attached hydrogens (tertiary/aromatic N) is 1. The molecular formula is C12H17N. The molecule has 1 aliphatic heterocycles. The van der Waals surface area contributed by atoms with E-state index in [0.717, 1.165) is 5.92 Å². The first-order valence-electron chi connectivity index (χ1n) is 5.07. The SMILES string of the molecule is Cc1ccc(N2CCC(C)C2)cc1. The summed E-state index contributed by atoms with van der Waals surface area (Å²) in [5.74, 6) is 0.862. The molecule has 0 saturated carbocycles. The van der Waals surface area contributed by atoms with Crippen LogP contribution >= 0.6 is 0 Å². The van der Waals surface area contributed by atoms with Gasteiger partial charge in [-0.15, -0.1) is 0 Å². The summed E-state index contributed by atoms with van der Waals surface area (Å²) >= 11 is 0. The molecule has 70 valence electrons. The van der Waals surface area contributed by atoms with Gasteiger partial charge in [0.05, 0.1) is 0 Å². The third-order valence-corrected chi connectivity index (χ3v) is 2.82. The fraction of sp³-hybridized carbons (Fsp3) is 0.500. The Hall–Kier alpha value is -0.980. The van der Waals surface area contributed by atoms with Gasteiger partial charge >= 0.3 is 0 Å². The maximum absolute atomic E-state index is 2.48. The number of rotatable bonds is 1. The van der Waals surface area contributed by atoms with E-state index >= 15 is 0 Å². The smallest absolute Gasteiger partial charge is 0.0366 e. The maximum atomic E-state index is 2.48. The van der Waals surface area contributed by atoms with Crippen LogP contribution in [0.4, 0.5) is 5.69 Å². The van der Waals surface area contributed by atoms with E-state index < -0.39 is 0 Å². The van der Waals surface area contributed by atoms with Gasteiger partial charge in [0.1, 0.15) is 0 Å². The Labute approximate surface area is 80.4 Å². The van der Waals surface area contributed by atoms with E-state index in [9.17, 15) is 0 Å². The lowest BCUT2D eigenvalue weighted by molar-refractivity contribution is 0.659. The molecule has 1 unspecified atom stereocenters. The number of hydrogen-bond acceptors (Lipinski definition) is 1. The number of anilines is 1. The molecule has 13 heavy (non-hydrogen) atoms. The van der Waals surface area contributed by atoms with Crippen LogP contribution in [0.25, 0.3) is 0 Å². The van der Waals surface area contributed by atoms with Crippen molar-refractivity contribution in [3.8, 4) is 0 Å². The normalized spacial score (nSPS) is 22.3. The molecule has 0 aromatic heterocycles. The van der Waals surface area contributed by atoms with E-state index in [4.69, 9.17) is 0 Å². The van der Waals surface area contributed by atoms with Crippen molar-refractivity contribution in [3.63, 3.8) is 0 Å². The van der Waals surface area contributed by atoms with Gasteiger partial charge in [0.2, 0.25) is 0 Å². The molecule has 1 nitrogen and oxygen atoms in total. The molecular weight excluding hydrogens is 158 g/mol. The topological polar surface area (TPSA) is 3.24 Å². The van der Waals surface area contributed by atoms with Crippen LogP contribution in [0.1, 0.15) is 18.9 Å². The molecule has 0 radical (unpaired) electrons. The monoisotopic (exact) mass is 175 g/mol. The highest BCUT2D eigenvalue weighted by molar-refractivity contribution is 5.48. The third-order valence-electron chi connectivity index (χ3n) is 2.82. The van der Waals surface area contributed by atoms with Crippen LogP contribution in [0.5, 0.6) is 0 Å². The standard InChI is InChI=1S/C12H17N/c1-10-3-5-12(6-4-10)13-8-7-11(2)9-13/h3-6,11H,7-9H2,1-2H3. The summed E-state index contributed by atoms with van der Waals surface area (Å²) in [5.41, 5.74) is 2.73. The van der Waals surface area contributed by atoms with Gasteiger partial charge < -0.3 is 4.90 Å². The minimum Gasteiger partial charge on any atom is -0.371 e. The molecule has 1 saturated heterocycles. The Bertz CT molecular complexity index is 276. The van der Waals surface area contributed by atoms with Gasteiger partial charge in [0, 0.05) is 18.8 Å². The second-order valence-corrected chi connectivity index (χ2v) is 4.18. The van der Waals surface area contributed by atoms with E-state index in [-0.39, 0.29) is 0 Å². The molecule has 0 aliphatic carbocycles. The first-order chi connectivity index (χ1) is 6.25. The first-order valence-corrected chi connectivity index (χ1v) is 5.07. The van der Waals surface area contributed by atoms with Gasteiger partial charge in [-0.25, -0.2) is 0 Å². The summed E-state index contributed by atoms with van der Waals surface area (Å²) in [7, 11) is 0. The van der Waals surface area contributed by atoms with Crippen molar-refractivity contribution >= 4 is 5.69 Å².